The molecule has 0 spiro atoms. The highest BCUT2D eigenvalue weighted by atomic mass is 32.2. The summed E-state index contributed by atoms with van der Waals surface area (Å²) in [7, 11) is 1.77. The Balaban J connectivity index is 1.57. The van der Waals surface area contributed by atoms with Crippen LogP contribution in [-0.2, 0) is 17.0 Å². The van der Waals surface area contributed by atoms with Gasteiger partial charge in [-0.05, 0) is 43.2 Å². The number of hydrogen-bond acceptors (Lipinski definition) is 6. The molecule has 0 unspecified atom stereocenters. The summed E-state index contributed by atoms with van der Waals surface area (Å²) in [4.78, 5) is 35.6. The molecule has 180 valence electrons. The Hall–Kier alpha value is -2.55. The lowest BCUT2D eigenvalue weighted by molar-refractivity contribution is -0.115. The molecule has 1 aliphatic heterocycles. The summed E-state index contributed by atoms with van der Waals surface area (Å²) in [5.41, 5.74) is 3.82. The Morgan fingerprint density at radius 1 is 1.14 bits per heavy atom. The largest absolute Gasteiger partial charge is 0.315 e. The minimum Gasteiger partial charge on any atom is -0.315 e. The molecule has 2 aromatic heterocycles. The fourth-order valence-corrected chi connectivity index (χ4v) is 7.52. The Labute approximate surface area is 217 Å². The maximum Gasteiger partial charge on any atom is 0.267 e. The van der Waals surface area contributed by atoms with Crippen LogP contribution in [0.2, 0.25) is 0 Å². The standard InChI is InChI=1S/C27H27N3O2S3/c1-17-10-12-19(13-11-17)30-25(32)23-20-14-27(2,3)34-15-21(20)35-24(23)28-26(30)33-16-22(31)29(4)18-8-6-5-7-9-18/h5-13H,14-16H2,1-4H3. The van der Waals surface area contributed by atoms with Gasteiger partial charge in [-0.1, -0.05) is 61.5 Å². The van der Waals surface area contributed by atoms with Crippen molar-refractivity contribution in [2.75, 3.05) is 17.7 Å². The van der Waals surface area contributed by atoms with Crippen LogP contribution >= 0.6 is 34.9 Å². The van der Waals surface area contributed by atoms with Crippen molar-refractivity contribution < 1.29 is 4.79 Å². The minimum atomic E-state index is -0.0505. The van der Waals surface area contributed by atoms with Crippen LogP contribution in [0.3, 0.4) is 0 Å². The van der Waals surface area contributed by atoms with E-state index < -0.39 is 0 Å². The smallest absolute Gasteiger partial charge is 0.267 e. The summed E-state index contributed by atoms with van der Waals surface area (Å²) in [6.45, 7) is 6.49. The highest BCUT2D eigenvalue weighted by molar-refractivity contribution is 8.00. The van der Waals surface area contributed by atoms with E-state index in [0.717, 1.165) is 44.9 Å². The van der Waals surface area contributed by atoms with Crippen LogP contribution in [-0.4, -0.2) is 33.0 Å². The van der Waals surface area contributed by atoms with Crippen LogP contribution in [0.25, 0.3) is 15.9 Å². The maximum atomic E-state index is 14.0. The van der Waals surface area contributed by atoms with E-state index in [9.17, 15) is 9.59 Å². The molecule has 0 fully saturated rings. The number of hydrogen-bond donors (Lipinski definition) is 0. The van der Waals surface area contributed by atoms with Gasteiger partial charge in [0.05, 0.1) is 16.8 Å². The van der Waals surface area contributed by atoms with Gasteiger partial charge in [-0.15, -0.1) is 23.1 Å². The van der Waals surface area contributed by atoms with Gasteiger partial charge in [0.15, 0.2) is 5.16 Å². The topological polar surface area (TPSA) is 55.2 Å². The molecule has 35 heavy (non-hydrogen) atoms. The van der Waals surface area contributed by atoms with Gasteiger partial charge in [-0.25, -0.2) is 4.98 Å². The van der Waals surface area contributed by atoms with Crippen LogP contribution in [0, 0.1) is 6.92 Å². The molecule has 0 bridgehead atoms. The number of carbonyl (C=O) groups excluding carboxylic acids is 1. The molecule has 8 heteroatoms. The summed E-state index contributed by atoms with van der Waals surface area (Å²) in [6, 6.07) is 17.5. The molecule has 0 saturated heterocycles. The number of thioether (sulfide) groups is 2. The molecular weight excluding hydrogens is 495 g/mol. The Kier molecular flexibility index (Phi) is 6.55. The highest BCUT2D eigenvalue weighted by Crippen LogP contribution is 2.44. The summed E-state index contributed by atoms with van der Waals surface area (Å²) in [5, 5.41) is 1.28. The molecule has 5 rings (SSSR count). The number of carbonyl (C=O) groups is 1. The van der Waals surface area contributed by atoms with Crippen LogP contribution in [0.4, 0.5) is 5.69 Å². The van der Waals surface area contributed by atoms with E-state index in [4.69, 9.17) is 4.98 Å². The second-order valence-corrected chi connectivity index (χ2v) is 13.1. The molecule has 5 nitrogen and oxygen atoms in total. The number of para-hydroxylation sites is 1. The lowest BCUT2D eigenvalue weighted by atomic mass is 10.00. The lowest BCUT2D eigenvalue weighted by Crippen LogP contribution is -2.29. The number of benzene rings is 2. The zero-order valence-electron chi connectivity index (χ0n) is 20.2. The van der Waals surface area contributed by atoms with E-state index >= 15 is 0 Å². The normalized spacial score (nSPS) is 14.6. The molecule has 0 saturated carbocycles. The molecule has 2 aromatic carbocycles. The lowest BCUT2D eigenvalue weighted by Gasteiger charge is -2.28. The fraction of sp³-hybridized carbons (Fsp3) is 0.296. The third kappa shape index (κ3) is 4.79. The van der Waals surface area contributed by atoms with Gasteiger partial charge in [0, 0.05) is 28.1 Å². The molecule has 1 aliphatic rings. The number of amides is 1. The summed E-state index contributed by atoms with van der Waals surface area (Å²) in [6.07, 6.45) is 0.852. The van der Waals surface area contributed by atoms with Gasteiger partial charge < -0.3 is 4.90 Å². The van der Waals surface area contributed by atoms with E-state index in [-0.39, 0.29) is 22.0 Å². The first-order valence-electron chi connectivity index (χ1n) is 11.5. The van der Waals surface area contributed by atoms with E-state index in [1.165, 1.54) is 16.6 Å². The maximum absolute atomic E-state index is 14.0. The molecule has 0 atom stereocenters. The highest BCUT2D eigenvalue weighted by Gasteiger charge is 2.31. The summed E-state index contributed by atoms with van der Waals surface area (Å²) < 4.78 is 1.77. The van der Waals surface area contributed by atoms with Gasteiger partial charge >= 0.3 is 0 Å². The van der Waals surface area contributed by atoms with Gasteiger partial charge in [-0.3, -0.25) is 14.2 Å². The van der Waals surface area contributed by atoms with Crippen LogP contribution < -0.4 is 10.5 Å². The van der Waals surface area contributed by atoms with Crippen molar-refractivity contribution in [2.24, 2.45) is 0 Å². The van der Waals surface area contributed by atoms with Crippen LogP contribution in [0.5, 0.6) is 0 Å². The van der Waals surface area contributed by atoms with Gasteiger partial charge in [0.25, 0.3) is 5.56 Å². The molecule has 0 radical (unpaired) electrons. The Morgan fingerprint density at radius 3 is 2.57 bits per heavy atom. The molecule has 0 aliphatic carbocycles. The second kappa shape index (κ2) is 9.48. The van der Waals surface area contributed by atoms with Crippen molar-refractivity contribution in [1.29, 1.82) is 0 Å². The molecule has 0 N–H and O–H groups in total. The predicted molar refractivity (Wildman–Crippen MR) is 150 cm³/mol. The first-order chi connectivity index (χ1) is 16.7. The van der Waals surface area contributed by atoms with Crippen molar-refractivity contribution in [2.45, 2.75) is 42.8 Å². The first kappa shape index (κ1) is 24.2. The van der Waals surface area contributed by atoms with E-state index in [0.29, 0.717) is 5.16 Å². The molecule has 4 aromatic rings. The van der Waals surface area contributed by atoms with Gasteiger partial charge in [-0.2, -0.15) is 0 Å². The van der Waals surface area contributed by atoms with Crippen LogP contribution in [0.1, 0.15) is 29.9 Å². The Bertz CT molecular complexity index is 1460. The number of aryl methyl sites for hydroxylation is 1. The van der Waals surface area contributed by atoms with Crippen molar-refractivity contribution in [3.63, 3.8) is 0 Å². The van der Waals surface area contributed by atoms with E-state index in [2.05, 4.69) is 13.8 Å². The molecular formula is C27H27N3O2S3. The molecule has 1 amide bonds. The first-order valence-corrected chi connectivity index (χ1v) is 14.2. The van der Waals surface area contributed by atoms with Gasteiger partial charge in [0.2, 0.25) is 5.91 Å². The van der Waals surface area contributed by atoms with Crippen molar-refractivity contribution >= 4 is 56.7 Å². The number of fused-ring (bicyclic) bond motifs is 3. The van der Waals surface area contributed by atoms with Crippen molar-refractivity contribution in [3.05, 3.63) is 81.0 Å². The summed E-state index contributed by atoms with van der Waals surface area (Å²) in [5.74, 6) is 1.04. The Morgan fingerprint density at radius 2 is 1.86 bits per heavy atom. The molecule has 3 heterocycles. The van der Waals surface area contributed by atoms with E-state index in [1.807, 2.05) is 73.3 Å². The summed E-state index contributed by atoms with van der Waals surface area (Å²) >= 11 is 4.86. The van der Waals surface area contributed by atoms with Crippen molar-refractivity contribution in [3.8, 4) is 5.69 Å². The quantitative estimate of drug-likeness (QED) is 0.235. The van der Waals surface area contributed by atoms with E-state index in [1.54, 1.807) is 27.9 Å². The number of rotatable bonds is 5. The SMILES string of the molecule is Cc1ccc(-n2c(SCC(=O)N(C)c3ccccc3)nc3sc4c(c3c2=O)CC(C)(C)SC4)cc1. The monoisotopic (exact) mass is 521 g/mol. The van der Waals surface area contributed by atoms with Crippen LogP contribution in [0.15, 0.2) is 64.5 Å². The van der Waals surface area contributed by atoms with Gasteiger partial charge in [0.1, 0.15) is 4.83 Å². The fourth-order valence-electron chi connectivity index (χ4n) is 4.21. The second-order valence-electron chi connectivity index (χ2n) is 9.36. The zero-order valence-corrected chi connectivity index (χ0v) is 22.6. The number of aromatic nitrogens is 2. The number of thiophene rings is 1. The van der Waals surface area contributed by atoms with Crippen molar-refractivity contribution in [1.82, 2.24) is 9.55 Å². The number of nitrogens with zero attached hydrogens (tertiary/aromatic N) is 3. The third-order valence-electron chi connectivity index (χ3n) is 6.21. The predicted octanol–water partition coefficient (Wildman–Crippen LogP) is 6.08. The third-order valence-corrected chi connectivity index (χ3v) is 9.80. The average Bonchev–Trinajstić information content (AvgIpc) is 3.20. The number of anilines is 1. The average molecular weight is 522 g/mol. The minimum absolute atomic E-state index is 0.0466. The zero-order chi connectivity index (χ0) is 24.7.